The molecule has 0 amide bonds. The first-order valence-corrected chi connectivity index (χ1v) is 5.10. The summed E-state index contributed by atoms with van der Waals surface area (Å²) in [6.07, 6.45) is 1.69. The van der Waals surface area contributed by atoms with Crippen molar-refractivity contribution in [2.24, 2.45) is 0 Å². The van der Waals surface area contributed by atoms with E-state index in [0.29, 0.717) is 24.4 Å². The highest BCUT2D eigenvalue weighted by Gasteiger charge is 2.00. The lowest BCUT2D eigenvalue weighted by atomic mass is 10.3. The van der Waals surface area contributed by atoms with Gasteiger partial charge in [-0.2, -0.15) is 0 Å². The molecule has 0 aliphatic rings. The third kappa shape index (κ3) is 2.26. The average molecular weight is 219 g/mol. The predicted molar refractivity (Wildman–Crippen MR) is 60.3 cm³/mol. The van der Waals surface area contributed by atoms with E-state index in [0.717, 1.165) is 0 Å². The van der Waals surface area contributed by atoms with Gasteiger partial charge in [0.15, 0.2) is 0 Å². The van der Waals surface area contributed by atoms with Crippen LogP contribution in [-0.4, -0.2) is 27.6 Å². The third-order valence-electron chi connectivity index (χ3n) is 2.22. The standard InChI is InChI=1S/C11H13N3O2/c15-6-4-12-8-9-7-11(16)14-5-2-1-3-10(14)13-9/h1-3,5,7,12,15H,4,6,8H2. The van der Waals surface area contributed by atoms with Gasteiger partial charge in [0.1, 0.15) is 5.65 Å². The Morgan fingerprint density at radius 3 is 3.12 bits per heavy atom. The lowest BCUT2D eigenvalue weighted by molar-refractivity contribution is 0.291. The number of hydrogen-bond acceptors (Lipinski definition) is 4. The largest absolute Gasteiger partial charge is 0.395 e. The summed E-state index contributed by atoms with van der Waals surface area (Å²) < 4.78 is 1.50. The second kappa shape index (κ2) is 4.87. The topological polar surface area (TPSA) is 66.6 Å². The molecule has 0 saturated heterocycles. The lowest BCUT2D eigenvalue weighted by Crippen LogP contribution is -2.21. The summed E-state index contributed by atoms with van der Waals surface area (Å²) in [6.45, 7) is 1.06. The van der Waals surface area contributed by atoms with Crippen molar-refractivity contribution in [1.82, 2.24) is 14.7 Å². The highest BCUT2D eigenvalue weighted by molar-refractivity contribution is 5.37. The van der Waals surface area contributed by atoms with Gasteiger partial charge in [-0.25, -0.2) is 4.98 Å². The zero-order valence-corrected chi connectivity index (χ0v) is 8.76. The van der Waals surface area contributed by atoms with Gasteiger partial charge >= 0.3 is 0 Å². The molecule has 0 fully saturated rings. The molecule has 2 aromatic rings. The molecule has 0 spiro atoms. The molecule has 0 aliphatic heterocycles. The molecule has 5 heteroatoms. The Kier molecular flexibility index (Phi) is 3.28. The number of aliphatic hydroxyl groups excluding tert-OH is 1. The molecule has 0 aliphatic carbocycles. The fourth-order valence-electron chi connectivity index (χ4n) is 1.49. The van der Waals surface area contributed by atoms with Gasteiger partial charge in [-0.3, -0.25) is 9.20 Å². The van der Waals surface area contributed by atoms with E-state index >= 15 is 0 Å². The first-order valence-electron chi connectivity index (χ1n) is 5.10. The molecule has 5 nitrogen and oxygen atoms in total. The zero-order chi connectivity index (χ0) is 11.4. The highest BCUT2D eigenvalue weighted by Crippen LogP contribution is 1.97. The van der Waals surface area contributed by atoms with Gasteiger partial charge in [-0.1, -0.05) is 6.07 Å². The van der Waals surface area contributed by atoms with Crippen LogP contribution in [0.5, 0.6) is 0 Å². The number of aliphatic hydroxyl groups is 1. The minimum absolute atomic E-state index is 0.0760. The van der Waals surface area contributed by atoms with Gasteiger partial charge in [0, 0.05) is 25.4 Å². The molecule has 84 valence electrons. The van der Waals surface area contributed by atoms with Gasteiger partial charge in [0.25, 0.3) is 5.56 Å². The molecule has 2 aromatic heterocycles. The first-order chi connectivity index (χ1) is 7.81. The average Bonchev–Trinajstić information content (AvgIpc) is 2.30. The van der Waals surface area contributed by atoms with Crippen LogP contribution in [-0.2, 0) is 6.54 Å². The van der Waals surface area contributed by atoms with Gasteiger partial charge in [0.05, 0.1) is 12.3 Å². The number of pyridine rings is 1. The fourth-order valence-corrected chi connectivity index (χ4v) is 1.49. The van der Waals surface area contributed by atoms with Crippen molar-refractivity contribution in [2.75, 3.05) is 13.2 Å². The molecule has 2 N–H and O–H groups in total. The van der Waals surface area contributed by atoms with Crippen molar-refractivity contribution >= 4 is 5.65 Å². The molecule has 0 radical (unpaired) electrons. The Balaban J connectivity index is 2.31. The van der Waals surface area contributed by atoms with Crippen LogP contribution in [0.15, 0.2) is 35.3 Å². The Labute approximate surface area is 92.4 Å². The monoisotopic (exact) mass is 219 g/mol. The van der Waals surface area contributed by atoms with Crippen LogP contribution in [0.4, 0.5) is 0 Å². The molecule has 0 bridgehead atoms. The van der Waals surface area contributed by atoms with E-state index in [2.05, 4.69) is 10.3 Å². The van der Waals surface area contributed by atoms with Crippen molar-refractivity contribution in [2.45, 2.75) is 6.54 Å². The number of hydrogen-bond donors (Lipinski definition) is 2. The summed E-state index contributed by atoms with van der Waals surface area (Å²) in [5.41, 5.74) is 1.23. The highest BCUT2D eigenvalue weighted by atomic mass is 16.3. The van der Waals surface area contributed by atoms with Gasteiger partial charge in [-0.05, 0) is 12.1 Å². The summed E-state index contributed by atoms with van der Waals surface area (Å²) >= 11 is 0. The van der Waals surface area contributed by atoms with E-state index in [1.165, 1.54) is 10.5 Å². The maximum atomic E-state index is 11.7. The number of nitrogens with one attached hydrogen (secondary N) is 1. The number of rotatable bonds is 4. The van der Waals surface area contributed by atoms with E-state index in [9.17, 15) is 4.79 Å². The fraction of sp³-hybridized carbons (Fsp3) is 0.273. The quantitative estimate of drug-likeness (QED) is 0.697. The minimum atomic E-state index is -0.0913. The Morgan fingerprint density at radius 1 is 1.44 bits per heavy atom. The SMILES string of the molecule is O=c1cc(CNCCO)nc2ccccn12. The van der Waals surface area contributed by atoms with Crippen molar-refractivity contribution in [3.8, 4) is 0 Å². The van der Waals surface area contributed by atoms with Crippen LogP contribution >= 0.6 is 0 Å². The van der Waals surface area contributed by atoms with Gasteiger partial charge < -0.3 is 10.4 Å². The second-order valence-electron chi connectivity index (χ2n) is 3.41. The normalized spacial score (nSPS) is 10.8. The minimum Gasteiger partial charge on any atom is -0.395 e. The van der Waals surface area contributed by atoms with Crippen LogP contribution < -0.4 is 10.9 Å². The van der Waals surface area contributed by atoms with Crippen LogP contribution in [0.2, 0.25) is 0 Å². The van der Waals surface area contributed by atoms with Crippen molar-refractivity contribution < 1.29 is 5.11 Å². The van der Waals surface area contributed by atoms with Gasteiger partial charge in [-0.15, -0.1) is 0 Å². The van der Waals surface area contributed by atoms with E-state index in [1.807, 2.05) is 6.07 Å². The van der Waals surface area contributed by atoms with E-state index < -0.39 is 0 Å². The first kappa shape index (κ1) is 10.8. The molecule has 2 heterocycles. The van der Waals surface area contributed by atoms with Crippen molar-refractivity contribution in [1.29, 1.82) is 0 Å². The summed E-state index contributed by atoms with van der Waals surface area (Å²) in [7, 11) is 0. The molecule has 0 aromatic carbocycles. The summed E-state index contributed by atoms with van der Waals surface area (Å²) in [5.74, 6) is 0. The third-order valence-corrected chi connectivity index (χ3v) is 2.22. The molecule has 0 saturated carbocycles. The van der Waals surface area contributed by atoms with Crippen LogP contribution in [0.1, 0.15) is 5.69 Å². The number of aromatic nitrogens is 2. The van der Waals surface area contributed by atoms with Gasteiger partial charge in [0.2, 0.25) is 0 Å². The molecule has 2 rings (SSSR count). The van der Waals surface area contributed by atoms with Crippen molar-refractivity contribution in [3.05, 3.63) is 46.5 Å². The number of fused-ring (bicyclic) bond motifs is 1. The predicted octanol–water partition coefficient (Wildman–Crippen LogP) is -0.224. The Morgan fingerprint density at radius 2 is 2.31 bits per heavy atom. The summed E-state index contributed by atoms with van der Waals surface area (Å²) in [6, 6.07) is 6.92. The summed E-state index contributed by atoms with van der Waals surface area (Å²) in [5, 5.41) is 11.6. The van der Waals surface area contributed by atoms with E-state index in [-0.39, 0.29) is 12.2 Å². The maximum Gasteiger partial charge on any atom is 0.258 e. The molecular weight excluding hydrogens is 206 g/mol. The number of nitrogens with zero attached hydrogens (tertiary/aromatic N) is 2. The maximum absolute atomic E-state index is 11.7. The van der Waals surface area contributed by atoms with Crippen LogP contribution in [0, 0.1) is 0 Å². The van der Waals surface area contributed by atoms with Crippen LogP contribution in [0.25, 0.3) is 5.65 Å². The Bertz CT molecular complexity index is 536. The smallest absolute Gasteiger partial charge is 0.258 e. The van der Waals surface area contributed by atoms with E-state index in [4.69, 9.17) is 5.11 Å². The molecular formula is C11H13N3O2. The van der Waals surface area contributed by atoms with Crippen LogP contribution in [0.3, 0.4) is 0 Å². The molecule has 16 heavy (non-hydrogen) atoms. The molecule has 0 atom stereocenters. The van der Waals surface area contributed by atoms with E-state index in [1.54, 1.807) is 18.3 Å². The van der Waals surface area contributed by atoms with Crippen molar-refractivity contribution in [3.63, 3.8) is 0 Å². The Hall–Kier alpha value is -1.72. The molecule has 0 unspecified atom stereocenters. The zero-order valence-electron chi connectivity index (χ0n) is 8.76. The lowest BCUT2D eigenvalue weighted by Gasteiger charge is -2.04. The summed E-state index contributed by atoms with van der Waals surface area (Å²) in [4.78, 5) is 16.0. The second-order valence-corrected chi connectivity index (χ2v) is 3.41.